The normalized spacial score (nSPS) is 10.8. The van der Waals surface area contributed by atoms with E-state index < -0.39 is 11.2 Å². The van der Waals surface area contributed by atoms with Gasteiger partial charge < -0.3 is 5.32 Å². The third kappa shape index (κ3) is 2.22. The number of aryl methyl sites for hydroxylation is 1. The highest BCUT2D eigenvalue weighted by Crippen LogP contribution is 2.17. The van der Waals surface area contributed by atoms with E-state index >= 15 is 0 Å². The number of nitrogens with one attached hydrogen (secondary N) is 2. The lowest BCUT2D eigenvalue weighted by Gasteiger charge is -2.08. The van der Waals surface area contributed by atoms with Crippen molar-refractivity contribution in [3.05, 3.63) is 69.5 Å². The molecular formula is C15H15N5O2. The van der Waals surface area contributed by atoms with E-state index in [1.165, 1.54) is 10.8 Å². The van der Waals surface area contributed by atoms with Crippen LogP contribution in [0, 0.1) is 0 Å². The lowest BCUT2D eigenvalue weighted by atomic mass is 10.2. The molecule has 2 aromatic heterocycles. The van der Waals surface area contributed by atoms with Crippen LogP contribution >= 0.6 is 0 Å². The molecule has 0 saturated carbocycles. The summed E-state index contributed by atoms with van der Waals surface area (Å²) in [6.45, 7) is 4.07. The van der Waals surface area contributed by atoms with Gasteiger partial charge >= 0.3 is 5.69 Å². The summed E-state index contributed by atoms with van der Waals surface area (Å²) in [7, 11) is 1.57. The second-order valence-electron chi connectivity index (χ2n) is 4.85. The van der Waals surface area contributed by atoms with Crippen LogP contribution < -0.4 is 16.6 Å². The van der Waals surface area contributed by atoms with E-state index in [2.05, 4.69) is 21.9 Å². The first-order valence-electron chi connectivity index (χ1n) is 6.72. The molecule has 0 atom stereocenters. The second-order valence-corrected chi connectivity index (χ2v) is 4.85. The number of aromatic nitrogens is 4. The average Bonchev–Trinajstić information content (AvgIpc) is 2.86. The SMILES string of the molecule is C=CNc1nc2c(c(=O)[nH]c(=O)n2C)n1Cc1ccccc1. The number of hydrogen-bond donors (Lipinski definition) is 2. The van der Waals surface area contributed by atoms with Gasteiger partial charge in [0, 0.05) is 7.05 Å². The van der Waals surface area contributed by atoms with Crippen LogP contribution in [0.5, 0.6) is 0 Å². The van der Waals surface area contributed by atoms with Gasteiger partial charge in [0.2, 0.25) is 5.95 Å². The molecule has 0 spiro atoms. The molecule has 0 amide bonds. The van der Waals surface area contributed by atoms with Crippen LogP contribution in [0.15, 0.2) is 52.7 Å². The maximum atomic E-state index is 12.2. The predicted octanol–water partition coefficient (Wildman–Crippen LogP) is 1.03. The Hall–Kier alpha value is -3.09. The van der Waals surface area contributed by atoms with Gasteiger partial charge in [-0.1, -0.05) is 36.9 Å². The molecule has 7 nitrogen and oxygen atoms in total. The van der Waals surface area contributed by atoms with Crippen molar-refractivity contribution in [3.63, 3.8) is 0 Å². The number of imidazole rings is 1. The number of anilines is 1. The van der Waals surface area contributed by atoms with Crippen molar-refractivity contribution in [1.29, 1.82) is 0 Å². The summed E-state index contributed by atoms with van der Waals surface area (Å²) in [5.41, 5.74) is 0.733. The van der Waals surface area contributed by atoms with Crippen molar-refractivity contribution < 1.29 is 0 Å². The Balaban J connectivity index is 2.28. The highest BCUT2D eigenvalue weighted by molar-refractivity contribution is 5.74. The number of aromatic amines is 1. The zero-order chi connectivity index (χ0) is 15.7. The molecule has 7 heteroatoms. The fourth-order valence-corrected chi connectivity index (χ4v) is 2.36. The summed E-state index contributed by atoms with van der Waals surface area (Å²) in [6, 6.07) is 9.69. The lowest BCUT2D eigenvalue weighted by Crippen LogP contribution is -2.29. The minimum absolute atomic E-state index is 0.328. The van der Waals surface area contributed by atoms with Crippen molar-refractivity contribution in [3.8, 4) is 0 Å². The van der Waals surface area contributed by atoms with Crippen LogP contribution in [0.3, 0.4) is 0 Å². The number of benzene rings is 1. The topological polar surface area (TPSA) is 84.7 Å². The Bertz CT molecular complexity index is 950. The van der Waals surface area contributed by atoms with E-state index in [4.69, 9.17) is 0 Å². The number of nitrogens with zero attached hydrogens (tertiary/aromatic N) is 3. The molecule has 0 bridgehead atoms. The van der Waals surface area contributed by atoms with Crippen molar-refractivity contribution in [2.75, 3.05) is 5.32 Å². The molecule has 112 valence electrons. The van der Waals surface area contributed by atoms with E-state index in [0.717, 1.165) is 5.56 Å². The molecule has 0 aliphatic carbocycles. The maximum Gasteiger partial charge on any atom is 0.329 e. The van der Waals surface area contributed by atoms with E-state index in [1.807, 2.05) is 30.3 Å². The van der Waals surface area contributed by atoms with Crippen LogP contribution in [0.2, 0.25) is 0 Å². The standard InChI is InChI=1S/C15H15N5O2/c1-3-16-14-17-12-11(13(21)18-15(22)19(12)2)20(14)9-10-7-5-4-6-8-10/h3-8H,1,9H2,2H3,(H,16,17)(H,18,21,22). The van der Waals surface area contributed by atoms with Crippen molar-refractivity contribution >= 4 is 17.1 Å². The largest absolute Gasteiger partial charge is 0.333 e. The monoisotopic (exact) mass is 297 g/mol. The minimum Gasteiger partial charge on any atom is -0.333 e. The molecule has 0 aliphatic rings. The van der Waals surface area contributed by atoms with Gasteiger partial charge in [0.1, 0.15) is 0 Å². The first-order valence-corrected chi connectivity index (χ1v) is 6.72. The molecule has 0 fully saturated rings. The second kappa shape index (κ2) is 5.36. The van der Waals surface area contributed by atoms with Crippen LogP contribution in [0.4, 0.5) is 5.95 Å². The quantitative estimate of drug-likeness (QED) is 0.753. The molecule has 0 aliphatic heterocycles. The molecule has 2 N–H and O–H groups in total. The fraction of sp³-hybridized carbons (Fsp3) is 0.133. The van der Waals surface area contributed by atoms with Crippen LogP contribution in [-0.4, -0.2) is 19.1 Å². The van der Waals surface area contributed by atoms with Gasteiger partial charge in [-0.2, -0.15) is 4.98 Å². The van der Waals surface area contributed by atoms with Crippen molar-refractivity contribution in [1.82, 2.24) is 19.1 Å². The van der Waals surface area contributed by atoms with Gasteiger partial charge in [-0.05, 0) is 11.8 Å². The van der Waals surface area contributed by atoms with E-state index in [1.54, 1.807) is 11.6 Å². The summed E-state index contributed by atoms with van der Waals surface area (Å²) in [5.74, 6) is 0.459. The number of hydrogen-bond acceptors (Lipinski definition) is 4. The van der Waals surface area contributed by atoms with Crippen molar-refractivity contribution in [2.45, 2.75) is 6.54 Å². The number of rotatable bonds is 4. The van der Waals surface area contributed by atoms with E-state index in [-0.39, 0.29) is 0 Å². The molecule has 0 radical (unpaired) electrons. The Morgan fingerprint density at radius 3 is 2.73 bits per heavy atom. The zero-order valence-corrected chi connectivity index (χ0v) is 12.0. The Morgan fingerprint density at radius 1 is 1.32 bits per heavy atom. The average molecular weight is 297 g/mol. The lowest BCUT2D eigenvalue weighted by molar-refractivity contribution is 0.811. The van der Waals surface area contributed by atoms with E-state index in [9.17, 15) is 9.59 Å². The highest BCUT2D eigenvalue weighted by atomic mass is 16.2. The van der Waals surface area contributed by atoms with Gasteiger partial charge in [-0.25, -0.2) is 4.79 Å². The third-order valence-corrected chi connectivity index (χ3v) is 3.42. The summed E-state index contributed by atoms with van der Waals surface area (Å²) < 4.78 is 3.04. The summed E-state index contributed by atoms with van der Waals surface area (Å²) in [4.78, 5) is 30.5. The van der Waals surface area contributed by atoms with Gasteiger partial charge in [0.05, 0.1) is 6.54 Å². The first kappa shape index (κ1) is 13.9. The van der Waals surface area contributed by atoms with E-state index in [0.29, 0.717) is 23.7 Å². The zero-order valence-electron chi connectivity index (χ0n) is 12.0. The highest BCUT2D eigenvalue weighted by Gasteiger charge is 2.16. The molecular weight excluding hydrogens is 282 g/mol. The smallest absolute Gasteiger partial charge is 0.329 e. The molecule has 0 saturated heterocycles. The Kier molecular flexibility index (Phi) is 3.38. The Morgan fingerprint density at radius 2 is 2.05 bits per heavy atom. The van der Waals surface area contributed by atoms with Crippen LogP contribution in [0.25, 0.3) is 11.2 Å². The maximum absolute atomic E-state index is 12.2. The number of H-pyrrole nitrogens is 1. The first-order chi connectivity index (χ1) is 10.6. The molecule has 3 rings (SSSR count). The summed E-state index contributed by atoms with van der Waals surface area (Å²) in [5, 5.41) is 2.91. The molecule has 0 unspecified atom stereocenters. The predicted molar refractivity (Wildman–Crippen MR) is 85.0 cm³/mol. The minimum atomic E-state index is -0.494. The van der Waals surface area contributed by atoms with Gasteiger partial charge in [-0.15, -0.1) is 0 Å². The van der Waals surface area contributed by atoms with Crippen LogP contribution in [0.1, 0.15) is 5.56 Å². The van der Waals surface area contributed by atoms with Gasteiger partial charge in [0.25, 0.3) is 5.56 Å². The fourth-order valence-electron chi connectivity index (χ4n) is 2.36. The molecule has 22 heavy (non-hydrogen) atoms. The third-order valence-electron chi connectivity index (χ3n) is 3.42. The molecule has 3 aromatic rings. The van der Waals surface area contributed by atoms with Gasteiger partial charge in [-0.3, -0.25) is 18.9 Å². The van der Waals surface area contributed by atoms with Crippen LogP contribution in [-0.2, 0) is 13.6 Å². The van der Waals surface area contributed by atoms with Gasteiger partial charge in [0.15, 0.2) is 11.2 Å². The molecule has 2 heterocycles. The van der Waals surface area contributed by atoms with Crippen molar-refractivity contribution in [2.24, 2.45) is 7.05 Å². The Labute approximate surface area is 125 Å². The number of fused-ring (bicyclic) bond motifs is 1. The summed E-state index contributed by atoms with van der Waals surface area (Å²) >= 11 is 0. The summed E-state index contributed by atoms with van der Waals surface area (Å²) in [6.07, 6.45) is 1.48. The molecule has 1 aromatic carbocycles.